The van der Waals surface area contributed by atoms with Crippen molar-refractivity contribution in [3.05, 3.63) is 70.9 Å². The van der Waals surface area contributed by atoms with E-state index < -0.39 is 0 Å². The molecule has 2 heterocycles. The third-order valence-electron chi connectivity index (χ3n) is 4.77. The van der Waals surface area contributed by atoms with Gasteiger partial charge in [-0.3, -0.25) is 0 Å². The Bertz CT molecular complexity index is 1000. The molecular weight excluding hydrogens is 467 g/mol. The number of pyridine rings is 1. The molecular formula is C22H23IN2OS. The van der Waals surface area contributed by atoms with Crippen molar-refractivity contribution < 1.29 is 33.7 Å². The molecule has 1 aliphatic heterocycles. The van der Waals surface area contributed by atoms with E-state index in [1.807, 2.05) is 0 Å². The number of fused-ring (bicyclic) bond motifs is 2. The van der Waals surface area contributed by atoms with Gasteiger partial charge in [0, 0.05) is 35.0 Å². The minimum absolute atomic E-state index is 0. The lowest BCUT2D eigenvalue weighted by Gasteiger charge is -2.18. The molecule has 0 fully saturated rings. The van der Waals surface area contributed by atoms with E-state index in [-0.39, 0.29) is 30.6 Å². The minimum atomic E-state index is 0. The van der Waals surface area contributed by atoms with Crippen LogP contribution >= 0.6 is 11.8 Å². The van der Waals surface area contributed by atoms with Crippen molar-refractivity contribution in [1.82, 2.24) is 0 Å². The lowest BCUT2D eigenvalue weighted by atomic mass is 10.1. The van der Waals surface area contributed by atoms with Gasteiger partial charge in [-0.05, 0) is 38.1 Å². The van der Waals surface area contributed by atoms with Crippen LogP contribution in [-0.4, -0.2) is 18.3 Å². The highest BCUT2D eigenvalue weighted by Gasteiger charge is 2.25. The summed E-state index contributed by atoms with van der Waals surface area (Å²) in [5, 5.41) is 11.9. The SMILES string of the molecule is CC[n+]1c(/C=C2\Sc3ccccc3N2CCO)ccc2cc(C)ccc21.[I-]. The third-order valence-corrected chi connectivity index (χ3v) is 5.88. The third kappa shape index (κ3) is 3.86. The van der Waals surface area contributed by atoms with Crippen molar-refractivity contribution in [3.63, 3.8) is 0 Å². The molecule has 0 spiro atoms. The molecule has 1 N–H and O–H groups in total. The van der Waals surface area contributed by atoms with Crippen LogP contribution in [0.5, 0.6) is 0 Å². The molecule has 0 saturated heterocycles. The number of rotatable bonds is 4. The maximum absolute atomic E-state index is 9.52. The number of aliphatic hydroxyl groups excluding tert-OH is 1. The Morgan fingerprint density at radius 2 is 1.93 bits per heavy atom. The molecule has 27 heavy (non-hydrogen) atoms. The average Bonchev–Trinajstić information content (AvgIpc) is 2.99. The number of aliphatic hydroxyl groups is 1. The van der Waals surface area contributed by atoms with Crippen molar-refractivity contribution in [2.75, 3.05) is 18.1 Å². The molecule has 4 rings (SSSR count). The Kier molecular flexibility index (Phi) is 6.44. The van der Waals surface area contributed by atoms with E-state index in [0.717, 1.165) is 11.6 Å². The molecule has 3 aromatic rings. The molecule has 1 aromatic heterocycles. The monoisotopic (exact) mass is 490 g/mol. The van der Waals surface area contributed by atoms with Crippen LogP contribution < -0.4 is 33.4 Å². The van der Waals surface area contributed by atoms with Gasteiger partial charge in [0.2, 0.25) is 11.2 Å². The number of hydrogen-bond donors (Lipinski definition) is 1. The van der Waals surface area contributed by atoms with Crippen molar-refractivity contribution >= 4 is 34.4 Å². The number of thioether (sulfide) groups is 1. The molecule has 0 radical (unpaired) electrons. The molecule has 3 nitrogen and oxygen atoms in total. The summed E-state index contributed by atoms with van der Waals surface area (Å²) in [7, 11) is 0. The Hall–Kier alpha value is -1.57. The Morgan fingerprint density at radius 1 is 1.11 bits per heavy atom. The van der Waals surface area contributed by atoms with E-state index in [1.165, 1.54) is 32.7 Å². The van der Waals surface area contributed by atoms with E-state index >= 15 is 0 Å². The van der Waals surface area contributed by atoms with Crippen LogP contribution in [0, 0.1) is 6.92 Å². The summed E-state index contributed by atoms with van der Waals surface area (Å²) >= 11 is 1.77. The van der Waals surface area contributed by atoms with Gasteiger partial charge in [-0.2, -0.15) is 4.57 Å². The Balaban J connectivity index is 0.00000210. The number of nitrogens with zero attached hydrogens (tertiary/aromatic N) is 2. The molecule has 0 bridgehead atoms. The predicted molar refractivity (Wildman–Crippen MR) is 109 cm³/mol. The first kappa shape index (κ1) is 20.2. The first-order valence-electron chi connectivity index (χ1n) is 9.01. The fourth-order valence-electron chi connectivity index (χ4n) is 3.55. The highest BCUT2D eigenvalue weighted by atomic mass is 127. The fourth-order valence-corrected chi connectivity index (χ4v) is 4.69. The van der Waals surface area contributed by atoms with Crippen LogP contribution in [0.15, 0.2) is 64.5 Å². The lowest BCUT2D eigenvalue weighted by molar-refractivity contribution is -0.669. The quantitative estimate of drug-likeness (QED) is 0.443. The first-order valence-corrected chi connectivity index (χ1v) is 9.83. The van der Waals surface area contributed by atoms with Crippen LogP contribution in [-0.2, 0) is 6.54 Å². The number of anilines is 1. The van der Waals surface area contributed by atoms with Crippen LogP contribution in [0.1, 0.15) is 18.2 Å². The second-order valence-electron chi connectivity index (χ2n) is 6.49. The van der Waals surface area contributed by atoms with Gasteiger partial charge in [0.15, 0.2) is 0 Å². The summed E-state index contributed by atoms with van der Waals surface area (Å²) in [6, 6.07) is 19.4. The number of halogens is 1. The van der Waals surface area contributed by atoms with Crippen molar-refractivity contribution in [2.24, 2.45) is 0 Å². The molecule has 0 unspecified atom stereocenters. The number of aryl methyl sites for hydroxylation is 2. The smallest absolute Gasteiger partial charge is 0.212 e. The Morgan fingerprint density at radius 3 is 2.70 bits per heavy atom. The summed E-state index contributed by atoms with van der Waals surface area (Å²) in [6.07, 6.45) is 2.24. The maximum Gasteiger partial charge on any atom is 0.212 e. The number of aromatic nitrogens is 1. The summed E-state index contributed by atoms with van der Waals surface area (Å²) in [5.41, 5.74) is 4.89. The standard InChI is InChI=1S/C22H23N2OS.HI/c1-3-23-18(10-9-17-14-16(2)8-11-19(17)23)15-22-24(12-13-25)20-6-4-5-7-21(20)26-22;/h4-11,14-15,25H,3,12-13H2,1-2H3;1H/q+1;/p-1. The summed E-state index contributed by atoms with van der Waals surface area (Å²) in [4.78, 5) is 3.45. The zero-order valence-corrected chi connectivity index (χ0v) is 18.5. The minimum Gasteiger partial charge on any atom is -1.00 e. The number of benzene rings is 2. The van der Waals surface area contributed by atoms with Gasteiger partial charge in [0.05, 0.1) is 17.3 Å². The van der Waals surface area contributed by atoms with E-state index in [1.54, 1.807) is 11.8 Å². The second kappa shape index (κ2) is 8.63. The van der Waals surface area contributed by atoms with Crippen molar-refractivity contribution in [2.45, 2.75) is 25.3 Å². The highest BCUT2D eigenvalue weighted by molar-refractivity contribution is 8.03. The second-order valence-corrected chi connectivity index (χ2v) is 7.55. The van der Waals surface area contributed by atoms with Crippen LogP contribution in [0.25, 0.3) is 17.0 Å². The molecule has 1 aliphatic rings. The summed E-state index contributed by atoms with van der Waals surface area (Å²) in [6.45, 7) is 5.97. The number of para-hydroxylation sites is 1. The predicted octanol–water partition coefficient (Wildman–Crippen LogP) is 1.36. The van der Waals surface area contributed by atoms with Crippen molar-refractivity contribution in [3.8, 4) is 0 Å². The molecule has 5 heteroatoms. The largest absolute Gasteiger partial charge is 1.00 e. The highest BCUT2D eigenvalue weighted by Crippen LogP contribution is 2.46. The lowest BCUT2D eigenvalue weighted by Crippen LogP contribution is -3.00. The van der Waals surface area contributed by atoms with Gasteiger partial charge in [-0.25, -0.2) is 0 Å². The molecule has 0 saturated carbocycles. The van der Waals surface area contributed by atoms with E-state index in [0.29, 0.717) is 6.54 Å². The normalized spacial score (nSPS) is 14.5. The zero-order chi connectivity index (χ0) is 18.1. The number of β-amino-alcohol motifs (C(OH)–C–C–N with tert-alkyl or cyclic N) is 1. The molecule has 140 valence electrons. The number of hydrogen-bond acceptors (Lipinski definition) is 3. The van der Waals surface area contributed by atoms with Gasteiger partial charge in [0.25, 0.3) is 0 Å². The molecule has 2 aromatic carbocycles. The molecule has 0 amide bonds. The topological polar surface area (TPSA) is 27.4 Å². The Labute approximate surface area is 181 Å². The summed E-state index contributed by atoms with van der Waals surface area (Å²) in [5.74, 6) is 0. The van der Waals surface area contributed by atoms with Crippen LogP contribution in [0.2, 0.25) is 0 Å². The van der Waals surface area contributed by atoms with E-state index in [2.05, 4.69) is 84.0 Å². The fraction of sp³-hybridized carbons (Fsp3) is 0.227. The molecule has 0 aliphatic carbocycles. The van der Waals surface area contributed by atoms with Crippen LogP contribution in [0.4, 0.5) is 5.69 Å². The van der Waals surface area contributed by atoms with Gasteiger partial charge in [-0.1, -0.05) is 35.5 Å². The van der Waals surface area contributed by atoms with E-state index in [9.17, 15) is 5.11 Å². The average molecular weight is 490 g/mol. The summed E-state index contributed by atoms with van der Waals surface area (Å²) < 4.78 is 2.35. The van der Waals surface area contributed by atoms with Crippen molar-refractivity contribution in [1.29, 1.82) is 0 Å². The molecule has 0 atom stereocenters. The van der Waals surface area contributed by atoms with E-state index in [4.69, 9.17) is 0 Å². The first-order chi connectivity index (χ1) is 12.7. The maximum atomic E-state index is 9.52. The van der Waals surface area contributed by atoms with Gasteiger partial charge >= 0.3 is 0 Å². The van der Waals surface area contributed by atoms with Gasteiger partial charge in [-0.15, -0.1) is 0 Å². The zero-order valence-electron chi connectivity index (χ0n) is 15.5. The van der Waals surface area contributed by atoms with Crippen LogP contribution in [0.3, 0.4) is 0 Å². The van der Waals surface area contributed by atoms with Gasteiger partial charge < -0.3 is 34.0 Å². The van der Waals surface area contributed by atoms with Gasteiger partial charge in [0.1, 0.15) is 6.54 Å².